The largest absolute Gasteiger partial charge is 0.329 e. The Morgan fingerprint density at radius 3 is 2.90 bits per heavy atom. The second kappa shape index (κ2) is 5.96. The van der Waals surface area contributed by atoms with Crippen LogP contribution in [0.1, 0.15) is 42.7 Å². The molecule has 118 valence electrons. The minimum atomic E-state index is -3.42. The third-order valence-electron chi connectivity index (χ3n) is 4.66. The number of rotatable bonds is 3. The Morgan fingerprint density at radius 1 is 1.33 bits per heavy atom. The van der Waals surface area contributed by atoms with Gasteiger partial charge in [-0.3, -0.25) is 0 Å². The zero-order valence-electron chi connectivity index (χ0n) is 12.4. The van der Waals surface area contributed by atoms with Crippen LogP contribution in [0.4, 0.5) is 0 Å². The highest BCUT2D eigenvalue weighted by Gasteiger charge is 2.40. The molecule has 1 fully saturated rings. The summed E-state index contributed by atoms with van der Waals surface area (Å²) in [6.07, 6.45) is 3.69. The predicted octanol–water partition coefficient (Wildman–Crippen LogP) is 1.73. The quantitative estimate of drug-likeness (QED) is 0.918. The first-order valence-electron chi connectivity index (χ1n) is 7.60. The van der Waals surface area contributed by atoms with Gasteiger partial charge in [0, 0.05) is 36.6 Å². The van der Waals surface area contributed by atoms with Crippen LogP contribution in [0.15, 0.2) is 11.4 Å². The van der Waals surface area contributed by atoms with Crippen molar-refractivity contribution in [1.82, 2.24) is 8.61 Å². The Hall–Kier alpha value is -0.470. The van der Waals surface area contributed by atoms with E-state index in [1.807, 2.05) is 6.92 Å². The van der Waals surface area contributed by atoms with Gasteiger partial charge in [-0.05, 0) is 43.2 Å². The fraction of sp³-hybridized carbons (Fsp3) is 0.714. The lowest BCUT2D eigenvalue weighted by Gasteiger charge is -2.41. The van der Waals surface area contributed by atoms with Gasteiger partial charge in [-0.2, -0.15) is 17.0 Å². The fourth-order valence-electron chi connectivity index (χ4n) is 3.45. The summed E-state index contributed by atoms with van der Waals surface area (Å²) in [6.45, 7) is 3.57. The Bertz CT molecular complexity index is 599. The van der Waals surface area contributed by atoms with Crippen molar-refractivity contribution in [3.8, 4) is 0 Å². The van der Waals surface area contributed by atoms with E-state index in [1.165, 1.54) is 4.88 Å². The number of hydrogen-bond donors (Lipinski definition) is 1. The second-order valence-corrected chi connectivity index (χ2v) is 8.67. The summed E-state index contributed by atoms with van der Waals surface area (Å²) in [5.41, 5.74) is 6.95. The average molecular weight is 329 g/mol. The van der Waals surface area contributed by atoms with E-state index in [9.17, 15) is 8.42 Å². The Morgan fingerprint density at radius 2 is 2.14 bits per heavy atom. The van der Waals surface area contributed by atoms with Gasteiger partial charge in [-0.15, -0.1) is 11.3 Å². The maximum absolute atomic E-state index is 13.1. The summed E-state index contributed by atoms with van der Waals surface area (Å²) in [5, 5.41) is 2.06. The molecule has 2 N–H and O–H groups in total. The summed E-state index contributed by atoms with van der Waals surface area (Å²) in [5.74, 6) is 0. The van der Waals surface area contributed by atoms with Crippen LogP contribution in [0.25, 0.3) is 0 Å². The summed E-state index contributed by atoms with van der Waals surface area (Å²) < 4.78 is 29.4. The van der Waals surface area contributed by atoms with Gasteiger partial charge in [0.05, 0.1) is 0 Å². The molecule has 0 radical (unpaired) electrons. The molecule has 1 aromatic heterocycles. The second-order valence-electron chi connectivity index (χ2n) is 5.84. The molecule has 0 aromatic carbocycles. The molecule has 7 heteroatoms. The van der Waals surface area contributed by atoms with Gasteiger partial charge in [0.1, 0.15) is 0 Å². The third-order valence-corrected chi connectivity index (χ3v) is 7.82. The van der Waals surface area contributed by atoms with E-state index >= 15 is 0 Å². The van der Waals surface area contributed by atoms with E-state index in [0.29, 0.717) is 19.6 Å². The Kier molecular flexibility index (Phi) is 4.38. The lowest BCUT2D eigenvalue weighted by molar-refractivity contribution is 0.220. The van der Waals surface area contributed by atoms with E-state index in [1.54, 1.807) is 19.9 Å². The molecule has 3 rings (SSSR count). The first-order valence-corrected chi connectivity index (χ1v) is 9.88. The van der Waals surface area contributed by atoms with Gasteiger partial charge in [-0.25, -0.2) is 0 Å². The molecule has 0 saturated carbocycles. The van der Waals surface area contributed by atoms with Crippen LogP contribution in [0.2, 0.25) is 0 Å². The molecule has 2 unspecified atom stereocenters. The van der Waals surface area contributed by atoms with Crippen LogP contribution in [0.5, 0.6) is 0 Å². The SMILES string of the molecule is CC1c2ccsc2CCN1S(=O)(=O)N1CCCCC1CN. The summed E-state index contributed by atoms with van der Waals surface area (Å²) in [6, 6.07) is 1.94. The number of nitrogens with two attached hydrogens (primary N) is 1. The molecule has 2 aliphatic heterocycles. The normalized spacial score (nSPS) is 28.5. The Balaban J connectivity index is 1.88. The third kappa shape index (κ3) is 2.66. The van der Waals surface area contributed by atoms with Crippen molar-refractivity contribution >= 4 is 21.5 Å². The van der Waals surface area contributed by atoms with Crippen molar-refractivity contribution in [2.75, 3.05) is 19.6 Å². The van der Waals surface area contributed by atoms with Crippen molar-refractivity contribution < 1.29 is 8.42 Å². The van der Waals surface area contributed by atoms with E-state index in [0.717, 1.165) is 31.2 Å². The van der Waals surface area contributed by atoms with Crippen LogP contribution in [-0.4, -0.2) is 42.7 Å². The Labute approximate surface area is 130 Å². The molecule has 0 bridgehead atoms. The van der Waals surface area contributed by atoms with Gasteiger partial charge >= 0.3 is 0 Å². The van der Waals surface area contributed by atoms with Crippen LogP contribution in [-0.2, 0) is 16.6 Å². The van der Waals surface area contributed by atoms with Crippen LogP contribution in [0, 0.1) is 0 Å². The lowest BCUT2D eigenvalue weighted by Crippen LogP contribution is -2.54. The molecule has 3 heterocycles. The smallest absolute Gasteiger partial charge is 0.282 e. The molecule has 5 nitrogen and oxygen atoms in total. The van der Waals surface area contributed by atoms with Crippen LogP contribution >= 0.6 is 11.3 Å². The maximum atomic E-state index is 13.1. The first kappa shape index (κ1) is 15.4. The number of piperidine rings is 1. The molecule has 2 aliphatic rings. The van der Waals surface area contributed by atoms with E-state index < -0.39 is 10.2 Å². The molecule has 1 aromatic rings. The highest BCUT2D eigenvalue weighted by molar-refractivity contribution is 7.86. The van der Waals surface area contributed by atoms with Gasteiger partial charge in [0.15, 0.2) is 0 Å². The van der Waals surface area contributed by atoms with Gasteiger partial charge in [0.2, 0.25) is 0 Å². The van der Waals surface area contributed by atoms with Crippen molar-refractivity contribution in [2.24, 2.45) is 5.73 Å². The predicted molar refractivity (Wildman–Crippen MR) is 85.5 cm³/mol. The van der Waals surface area contributed by atoms with Crippen LogP contribution < -0.4 is 5.73 Å². The monoisotopic (exact) mass is 329 g/mol. The topological polar surface area (TPSA) is 66.6 Å². The molecule has 2 atom stereocenters. The summed E-state index contributed by atoms with van der Waals surface area (Å²) in [7, 11) is -3.42. The van der Waals surface area contributed by atoms with E-state index in [2.05, 4.69) is 11.4 Å². The van der Waals surface area contributed by atoms with Crippen molar-refractivity contribution in [3.63, 3.8) is 0 Å². The van der Waals surface area contributed by atoms with E-state index in [4.69, 9.17) is 5.73 Å². The van der Waals surface area contributed by atoms with Gasteiger partial charge in [0.25, 0.3) is 10.2 Å². The van der Waals surface area contributed by atoms with Crippen molar-refractivity contribution in [1.29, 1.82) is 0 Å². The summed E-state index contributed by atoms with van der Waals surface area (Å²) >= 11 is 1.73. The molecule has 0 amide bonds. The number of thiophene rings is 1. The molecule has 0 spiro atoms. The highest BCUT2D eigenvalue weighted by Crippen LogP contribution is 2.36. The molecular weight excluding hydrogens is 306 g/mol. The van der Waals surface area contributed by atoms with E-state index in [-0.39, 0.29) is 12.1 Å². The minimum Gasteiger partial charge on any atom is -0.329 e. The number of fused-ring (bicyclic) bond motifs is 1. The fourth-order valence-corrected chi connectivity index (χ4v) is 6.45. The molecule has 1 saturated heterocycles. The standard InChI is InChI=1S/C14H23N3O2S2/c1-11-13-6-9-20-14(13)5-8-16(11)21(18,19)17-7-3-2-4-12(17)10-15/h6,9,11-12H,2-5,7-8,10,15H2,1H3. The number of nitrogens with zero attached hydrogens (tertiary/aromatic N) is 2. The first-order chi connectivity index (χ1) is 10.1. The maximum Gasteiger partial charge on any atom is 0.282 e. The van der Waals surface area contributed by atoms with Crippen molar-refractivity contribution in [2.45, 2.75) is 44.7 Å². The van der Waals surface area contributed by atoms with Gasteiger partial charge in [-0.1, -0.05) is 6.42 Å². The minimum absolute atomic E-state index is 0.0418. The highest BCUT2D eigenvalue weighted by atomic mass is 32.2. The number of hydrogen-bond acceptors (Lipinski definition) is 4. The lowest BCUT2D eigenvalue weighted by atomic mass is 10.0. The molecule has 21 heavy (non-hydrogen) atoms. The zero-order chi connectivity index (χ0) is 15.0. The van der Waals surface area contributed by atoms with Crippen LogP contribution in [0.3, 0.4) is 0 Å². The molecular formula is C14H23N3O2S2. The van der Waals surface area contributed by atoms with Gasteiger partial charge < -0.3 is 5.73 Å². The molecule has 0 aliphatic carbocycles. The summed E-state index contributed by atoms with van der Waals surface area (Å²) in [4.78, 5) is 1.32. The zero-order valence-corrected chi connectivity index (χ0v) is 14.0. The average Bonchev–Trinajstić information content (AvgIpc) is 2.96. The van der Waals surface area contributed by atoms with Crippen molar-refractivity contribution in [3.05, 3.63) is 21.9 Å².